The quantitative estimate of drug-likeness (QED) is 0.491. The summed E-state index contributed by atoms with van der Waals surface area (Å²) in [5.41, 5.74) is 1.90. The fourth-order valence-corrected chi connectivity index (χ4v) is 6.99. The second kappa shape index (κ2) is 9.37. The number of carbonyl (C=O) groups is 3. The number of benzene rings is 1. The average Bonchev–Trinajstić information content (AvgIpc) is 3.45. The predicted molar refractivity (Wildman–Crippen MR) is 132 cm³/mol. The van der Waals surface area contributed by atoms with E-state index in [2.05, 4.69) is 10.6 Å². The number of aliphatic carboxylic acids is 1. The summed E-state index contributed by atoms with van der Waals surface area (Å²) in [5, 5.41) is 16.2. The van der Waals surface area contributed by atoms with Crippen LogP contribution in [-0.2, 0) is 22.4 Å². The lowest BCUT2D eigenvalue weighted by Gasteiger charge is -2.41. The molecule has 1 fully saturated rings. The molecule has 2 amide bonds. The molecule has 6 rings (SSSR count). The molecule has 8 nitrogen and oxygen atoms in total. The van der Waals surface area contributed by atoms with Crippen LogP contribution < -0.4 is 20.1 Å². The van der Waals surface area contributed by atoms with Gasteiger partial charge in [0.1, 0.15) is 16.5 Å². The SMILES string of the molecule is COc1ccc(NC(=O)c2c(NC(=O)[C@H]3[C@@H](C(=O)O)[C@H]4C=C[C@H]3CC4)sc3c2CCC3)c(OC)c1. The summed E-state index contributed by atoms with van der Waals surface area (Å²) in [4.78, 5) is 40.0. The molecule has 4 aliphatic carbocycles. The minimum absolute atomic E-state index is 0.103. The largest absolute Gasteiger partial charge is 0.497 e. The Bertz CT molecular complexity index is 1220. The Morgan fingerprint density at radius 2 is 1.74 bits per heavy atom. The van der Waals surface area contributed by atoms with Crippen molar-refractivity contribution in [2.45, 2.75) is 32.1 Å². The fraction of sp³-hybridized carbons (Fsp3) is 0.423. The normalized spacial score (nSPS) is 24.1. The minimum Gasteiger partial charge on any atom is -0.497 e. The van der Waals surface area contributed by atoms with Gasteiger partial charge in [-0.15, -0.1) is 11.3 Å². The van der Waals surface area contributed by atoms with Crippen LogP contribution in [0, 0.1) is 23.7 Å². The van der Waals surface area contributed by atoms with E-state index < -0.39 is 17.8 Å². The van der Waals surface area contributed by atoms with Crippen LogP contribution in [0.1, 0.15) is 40.1 Å². The number of ether oxygens (including phenoxy) is 2. The van der Waals surface area contributed by atoms with E-state index in [4.69, 9.17) is 9.47 Å². The van der Waals surface area contributed by atoms with E-state index in [-0.39, 0.29) is 23.7 Å². The number of rotatable bonds is 7. The second-order valence-electron chi connectivity index (χ2n) is 9.25. The highest BCUT2D eigenvalue weighted by atomic mass is 32.1. The summed E-state index contributed by atoms with van der Waals surface area (Å²) in [6.45, 7) is 0. The van der Waals surface area contributed by atoms with Crippen molar-refractivity contribution in [2.24, 2.45) is 23.7 Å². The van der Waals surface area contributed by atoms with Crippen LogP contribution in [0.25, 0.3) is 0 Å². The van der Waals surface area contributed by atoms with Gasteiger partial charge in [-0.05, 0) is 61.6 Å². The van der Waals surface area contributed by atoms with Crippen LogP contribution in [0.2, 0.25) is 0 Å². The summed E-state index contributed by atoms with van der Waals surface area (Å²) in [7, 11) is 3.07. The maximum absolute atomic E-state index is 13.5. The number of methoxy groups -OCH3 is 2. The number of carboxylic acid groups (broad SMARTS) is 1. The lowest BCUT2D eigenvalue weighted by molar-refractivity contribution is -0.151. The molecule has 4 aliphatic rings. The Hall–Kier alpha value is -3.33. The molecule has 0 radical (unpaired) electrons. The maximum Gasteiger partial charge on any atom is 0.307 e. The van der Waals surface area contributed by atoms with Crippen LogP contribution in [0.3, 0.4) is 0 Å². The van der Waals surface area contributed by atoms with Crippen molar-refractivity contribution in [2.75, 3.05) is 24.9 Å². The number of hydrogen-bond donors (Lipinski definition) is 3. The van der Waals surface area contributed by atoms with Crippen LogP contribution in [0.15, 0.2) is 30.4 Å². The lowest BCUT2D eigenvalue weighted by atomic mass is 9.62. The third-order valence-corrected chi connectivity index (χ3v) is 8.59. The van der Waals surface area contributed by atoms with Crippen LogP contribution >= 0.6 is 11.3 Å². The van der Waals surface area contributed by atoms with Gasteiger partial charge >= 0.3 is 5.97 Å². The maximum atomic E-state index is 13.5. The zero-order valence-electron chi connectivity index (χ0n) is 19.6. The smallest absolute Gasteiger partial charge is 0.307 e. The molecule has 0 spiro atoms. The van der Waals surface area contributed by atoms with E-state index in [1.165, 1.54) is 18.4 Å². The molecule has 1 aromatic carbocycles. The van der Waals surface area contributed by atoms with Gasteiger partial charge in [-0.3, -0.25) is 14.4 Å². The van der Waals surface area contributed by atoms with Gasteiger partial charge < -0.3 is 25.2 Å². The van der Waals surface area contributed by atoms with Crippen LogP contribution in [0.4, 0.5) is 10.7 Å². The molecular weight excluding hydrogens is 468 g/mol. The number of thiophene rings is 1. The summed E-state index contributed by atoms with van der Waals surface area (Å²) in [5.74, 6) is -2.16. The van der Waals surface area contributed by atoms with Gasteiger partial charge in [-0.2, -0.15) is 0 Å². The van der Waals surface area contributed by atoms with Crippen molar-refractivity contribution < 1.29 is 29.0 Å². The molecule has 0 saturated heterocycles. The highest BCUT2D eigenvalue weighted by Crippen LogP contribution is 2.46. The second-order valence-corrected chi connectivity index (χ2v) is 10.4. The number of anilines is 2. The predicted octanol–water partition coefficient (Wildman–Crippen LogP) is 4.36. The first-order valence-corrected chi connectivity index (χ1v) is 12.6. The topological polar surface area (TPSA) is 114 Å². The summed E-state index contributed by atoms with van der Waals surface area (Å²) < 4.78 is 10.6. The molecule has 2 aromatic rings. The van der Waals surface area contributed by atoms with Crippen molar-refractivity contribution in [1.82, 2.24) is 0 Å². The molecule has 3 N–H and O–H groups in total. The van der Waals surface area contributed by atoms with Gasteiger partial charge in [-0.25, -0.2) is 0 Å². The molecule has 1 saturated carbocycles. The number of allylic oxidation sites excluding steroid dienone is 2. The highest BCUT2D eigenvalue weighted by Gasteiger charge is 2.48. The summed E-state index contributed by atoms with van der Waals surface area (Å²) in [6.07, 6.45) is 8.09. The molecule has 0 aliphatic heterocycles. The molecule has 9 heteroatoms. The van der Waals surface area contributed by atoms with Crippen molar-refractivity contribution in [1.29, 1.82) is 0 Å². The standard InChI is InChI=1S/C26H28N2O6S/c1-33-15-10-11-17(18(12-15)34-2)27-24(30)22-16-4-3-5-19(16)35-25(22)28-23(29)20-13-6-8-14(9-7-13)21(20)26(31)32/h6,8,10-14,20-21H,3-5,7,9H2,1-2H3,(H,27,30)(H,28,29)(H,31,32)/t13-,14-,20+,21-/m0/s1. The highest BCUT2D eigenvalue weighted by molar-refractivity contribution is 7.17. The van der Waals surface area contributed by atoms with Crippen molar-refractivity contribution in [3.05, 3.63) is 46.4 Å². The fourth-order valence-electron chi connectivity index (χ4n) is 5.70. The van der Waals surface area contributed by atoms with Gasteiger partial charge in [0.25, 0.3) is 5.91 Å². The molecule has 0 unspecified atom stereocenters. The number of fused-ring (bicyclic) bond motifs is 3. The summed E-state index contributed by atoms with van der Waals surface area (Å²) >= 11 is 1.42. The Morgan fingerprint density at radius 1 is 1.00 bits per heavy atom. The molecule has 2 bridgehead atoms. The first-order chi connectivity index (χ1) is 16.9. The number of nitrogens with one attached hydrogen (secondary N) is 2. The Kier molecular flexibility index (Phi) is 6.27. The van der Waals surface area contributed by atoms with E-state index in [9.17, 15) is 19.5 Å². The third-order valence-electron chi connectivity index (χ3n) is 7.38. The molecular formula is C26H28N2O6S. The minimum atomic E-state index is -0.942. The molecule has 1 aromatic heterocycles. The van der Waals surface area contributed by atoms with Crippen LogP contribution in [-0.4, -0.2) is 37.1 Å². The monoisotopic (exact) mass is 496 g/mol. The van der Waals surface area contributed by atoms with Gasteiger partial charge in [0.2, 0.25) is 5.91 Å². The summed E-state index contributed by atoms with van der Waals surface area (Å²) in [6, 6.07) is 5.13. The van der Waals surface area contributed by atoms with E-state index in [0.717, 1.165) is 42.5 Å². The zero-order valence-corrected chi connectivity index (χ0v) is 20.4. The number of carboxylic acids is 1. The molecule has 4 atom stereocenters. The van der Waals surface area contributed by atoms with Gasteiger partial charge in [0.15, 0.2) is 0 Å². The van der Waals surface area contributed by atoms with Crippen molar-refractivity contribution in [3.8, 4) is 11.5 Å². The number of carbonyl (C=O) groups excluding carboxylic acids is 2. The zero-order chi connectivity index (χ0) is 24.7. The van der Waals surface area contributed by atoms with E-state index in [1.54, 1.807) is 25.3 Å². The average molecular weight is 497 g/mol. The number of aryl methyl sites for hydroxylation is 1. The first kappa shape index (κ1) is 23.4. The van der Waals surface area contributed by atoms with Crippen molar-refractivity contribution in [3.63, 3.8) is 0 Å². The van der Waals surface area contributed by atoms with E-state index in [1.807, 2.05) is 12.2 Å². The molecule has 1 heterocycles. The number of hydrogen-bond acceptors (Lipinski definition) is 6. The van der Waals surface area contributed by atoms with Crippen molar-refractivity contribution >= 4 is 39.8 Å². The van der Waals surface area contributed by atoms with Gasteiger partial charge in [-0.1, -0.05) is 12.2 Å². The van der Waals surface area contributed by atoms with E-state index >= 15 is 0 Å². The Balaban J connectivity index is 1.43. The van der Waals surface area contributed by atoms with E-state index in [0.29, 0.717) is 27.8 Å². The molecule has 184 valence electrons. The third kappa shape index (κ3) is 4.18. The van der Waals surface area contributed by atoms with Crippen LogP contribution in [0.5, 0.6) is 11.5 Å². The number of amides is 2. The Labute approximate surface area is 207 Å². The first-order valence-electron chi connectivity index (χ1n) is 11.8. The van der Waals surface area contributed by atoms with Gasteiger partial charge in [0.05, 0.1) is 37.3 Å². The lowest BCUT2D eigenvalue weighted by Crippen LogP contribution is -2.47. The van der Waals surface area contributed by atoms with Gasteiger partial charge in [0, 0.05) is 10.9 Å². The Morgan fingerprint density at radius 3 is 2.40 bits per heavy atom. The molecule has 35 heavy (non-hydrogen) atoms.